The van der Waals surface area contributed by atoms with Crippen LogP contribution in [-0.4, -0.2) is 120 Å². The Balaban J connectivity index is 0.000000796. The number of hydrogen-bond acceptors (Lipinski definition) is 12. The molecule has 320 valence electrons. The van der Waals surface area contributed by atoms with E-state index in [9.17, 15) is 31.2 Å². The van der Waals surface area contributed by atoms with Crippen molar-refractivity contribution in [1.82, 2.24) is 19.2 Å². The average molecular weight is 845 g/mol. The van der Waals surface area contributed by atoms with Gasteiger partial charge in [0.1, 0.15) is 16.8 Å². The molecule has 3 amide bonds. The molecule has 2 aliphatic rings. The van der Waals surface area contributed by atoms with Gasteiger partial charge in [0.05, 0.1) is 6.26 Å². The van der Waals surface area contributed by atoms with Gasteiger partial charge in [-0.3, -0.25) is 0 Å². The van der Waals surface area contributed by atoms with E-state index in [1.807, 2.05) is 65.3 Å². The molecule has 0 bridgehead atoms. The van der Waals surface area contributed by atoms with E-state index >= 15 is 0 Å². The number of aromatic nitrogens is 1. The minimum absolute atomic E-state index is 0. The Morgan fingerprint density at radius 1 is 0.745 bits per heavy atom. The van der Waals surface area contributed by atoms with Crippen molar-refractivity contribution in [2.24, 2.45) is 5.73 Å². The zero-order valence-corrected chi connectivity index (χ0v) is 37.1. The summed E-state index contributed by atoms with van der Waals surface area (Å²) in [6.45, 7) is 18.7. The Bertz CT molecular complexity index is 1580. The van der Waals surface area contributed by atoms with E-state index in [1.165, 1.54) is 12.4 Å². The number of amides is 3. The first-order valence-corrected chi connectivity index (χ1v) is 21.4. The van der Waals surface area contributed by atoms with Crippen molar-refractivity contribution in [2.75, 3.05) is 51.4 Å². The maximum Gasteiger partial charge on any atom is 0.474 e. The standard InChI is InChI=1S/C12H19N3O4S.C12H24N2O4S.C11H22N2O2.ClH/c1-12(2,3)19-11(16)13-20(17,18)15-8-6-10(7-9-15)14(4)5;1-12(2,3)18-11(15)14-8-5-6-10(7-9-14)13-19(4,16)17;1-11(2,3)15-10(14)13-7-4-5-9(12)6-8-13;/h6-9H,1-5H3;10,13H,5-9H2,1-4H3;9H,4-8,12H2,1-3H3;1H. The Kier molecular flexibility index (Phi) is 20.7. The molecule has 2 atom stereocenters. The van der Waals surface area contributed by atoms with Crippen LogP contribution < -0.4 is 36.5 Å². The highest BCUT2D eigenvalue weighted by Gasteiger charge is 2.29. The topological polar surface area (TPSA) is 211 Å². The van der Waals surface area contributed by atoms with Crippen LogP contribution in [0.1, 0.15) is 101 Å². The van der Waals surface area contributed by atoms with Gasteiger partial charge in [0, 0.05) is 70.2 Å². The van der Waals surface area contributed by atoms with E-state index in [0.717, 1.165) is 61.1 Å². The normalized spacial score (nSPS) is 18.3. The van der Waals surface area contributed by atoms with Crippen LogP contribution in [0.3, 0.4) is 0 Å². The summed E-state index contributed by atoms with van der Waals surface area (Å²) in [5.41, 5.74) is 5.00. The highest BCUT2D eigenvalue weighted by Crippen LogP contribution is 2.17. The zero-order valence-electron chi connectivity index (χ0n) is 34.7. The predicted molar refractivity (Wildman–Crippen MR) is 208 cm³/mol. The highest BCUT2D eigenvalue weighted by atomic mass is 35.5. The van der Waals surface area contributed by atoms with E-state index in [4.69, 9.17) is 19.9 Å². The molecule has 3 rings (SSSR count). The molecule has 0 aliphatic carbocycles. The molecule has 2 saturated heterocycles. The van der Waals surface area contributed by atoms with Crippen molar-refractivity contribution in [3.63, 3.8) is 0 Å². The fraction of sp³-hybridized carbons (Fsp3) is 0.771. The third kappa shape index (κ3) is 23.5. The maximum absolute atomic E-state index is 11.9. The molecule has 4 N–H and O–H groups in total. The molecule has 0 radical (unpaired) electrons. The Morgan fingerprint density at radius 3 is 1.60 bits per heavy atom. The number of halogens is 1. The first-order valence-electron chi connectivity index (χ1n) is 18.1. The summed E-state index contributed by atoms with van der Waals surface area (Å²) >= 11 is 0. The molecular weight excluding hydrogens is 778 g/mol. The Labute approximate surface area is 335 Å². The van der Waals surface area contributed by atoms with Crippen molar-refractivity contribution < 1.29 is 61.8 Å². The van der Waals surface area contributed by atoms with Crippen LogP contribution in [0.15, 0.2) is 24.5 Å². The second kappa shape index (κ2) is 22.0. The van der Waals surface area contributed by atoms with E-state index in [-0.39, 0.29) is 36.7 Å². The van der Waals surface area contributed by atoms with Crippen molar-refractivity contribution in [3.8, 4) is 0 Å². The summed E-state index contributed by atoms with van der Waals surface area (Å²) in [4.78, 5) is 40.4. The van der Waals surface area contributed by atoms with Crippen LogP contribution in [0.5, 0.6) is 0 Å². The Morgan fingerprint density at radius 2 is 1.18 bits per heavy atom. The first kappa shape index (κ1) is 51.9. The summed E-state index contributed by atoms with van der Waals surface area (Å²) in [6.07, 6.45) is 7.28. The lowest BCUT2D eigenvalue weighted by atomic mass is 10.1. The fourth-order valence-corrected chi connectivity index (χ4v) is 6.62. The second-order valence-electron chi connectivity index (χ2n) is 16.5. The molecule has 17 nitrogen and oxygen atoms in total. The SMILES string of the molecule is CC(C)(C)OC(=O)N1CCCC(N)CC1.CC(C)(C)OC(=O)N1CCCC(NS(C)(=O)=O)CC1.CN(C)c1cc[n+](S(=O)(=O)NC(=O)OC(C)(C)C)cc1.[Cl-]. The molecule has 0 aromatic carbocycles. The van der Waals surface area contributed by atoms with Gasteiger partial charge in [0.15, 0.2) is 12.4 Å². The van der Waals surface area contributed by atoms with Gasteiger partial charge < -0.3 is 47.1 Å². The van der Waals surface area contributed by atoms with Crippen molar-refractivity contribution >= 4 is 44.2 Å². The summed E-state index contributed by atoms with van der Waals surface area (Å²) in [5.74, 6) is 0. The molecule has 0 saturated carbocycles. The quantitative estimate of drug-likeness (QED) is 0.277. The largest absolute Gasteiger partial charge is 1.00 e. The zero-order chi connectivity index (χ0) is 41.7. The van der Waals surface area contributed by atoms with Gasteiger partial charge >= 0.3 is 28.5 Å². The summed E-state index contributed by atoms with van der Waals surface area (Å²) < 4.78 is 67.2. The first-order chi connectivity index (χ1) is 24.5. The second-order valence-corrected chi connectivity index (χ2v) is 19.9. The molecule has 2 fully saturated rings. The number of rotatable bonds is 5. The molecule has 0 spiro atoms. The molecule has 1 aromatic rings. The van der Waals surface area contributed by atoms with Gasteiger partial charge in [-0.05, 0) is 101 Å². The number of pyridine rings is 1. The average Bonchev–Trinajstić information content (AvgIpc) is 3.34. The summed E-state index contributed by atoms with van der Waals surface area (Å²) in [7, 11) is -3.51. The molecule has 1 aromatic heterocycles. The van der Waals surface area contributed by atoms with Gasteiger partial charge in [0.25, 0.3) is 0 Å². The smallest absolute Gasteiger partial charge is 0.474 e. The van der Waals surface area contributed by atoms with Crippen molar-refractivity contribution in [3.05, 3.63) is 24.5 Å². The number of nitrogens with one attached hydrogen (secondary N) is 2. The summed E-state index contributed by atoms with van der Waals surface area (Å²) in [6, 6.07) is 3.38. The van der Waals surface area contributed by atoms with Gasteiger partial charge in [-0.15, -0.1) is 8.42 Å². The monoisotopic (exact) mass is 843 g/mol. The predicted octanol–water partition coefficient (Wildman–Crippen LogP) is 0.722. The third-order valence-electron chi connectivity index (χ3n) is 7.37. The highest BCUT2D eigenvalue weighted by molar-refractivity contribution is 7.88. The van der Waals surface area contributed by atoms with Crippen molar-refractivity contribution in [2.45, 2.75) is 130 Å². The number of likely N-dealkylation sites (tertiary alicyclic amines) is 2. The number of carbonyl (C=O) groups is 3. The molecule has 2 aliphatic heterocycles. The van der Waals surface area contributed by atoms with Gasteiger partial charge in [-0.1, -0.05) is 3.97 Å². The molecule has 2 unspecified atom stereocenters. The summed E-state index contributed by atoms with van der Waals surface area (Å²) in [5, 5.41) is 0. The van der Waals surface area contributed by atoms with Gasteiger partial charge in [-0.25, -0.2) is 27.5 Å². The van der Waals surface area contributed by atoms with E-state index in [1.54, 1.807) is 42.7 Å². The van der Waals surface area contributed by atoms with E-state index in [2.05, 4.69) is 4.72 Å². The minimum atomic E-state index is -4.00. The van der Waals surface area contributed by atoms with E-state index < -0.39 is 43.1 Å². The van der Waals surface area contributed by atoms with Crippen LogP contribution in [0.2, 0.25) is 0 Å². The van der Waals surface area contributed by atoms with Crippen LogP contribution in [0.25, 0.3) is 0 Å². The number of hydrogen-bond donors (Lipinski definition) is 3. The minimum Gasteiger partial charge on any atom is -1.00 e. The molecule has 55 heavy (non-hydrogen) atoms. The number of nitrogens with zero attached hydrogens (tertiary/aromatic N) is 4. The maximum atomic E-state index is 11.9. The number of sulfonamides is 1. The lowest BCUT2D eigenvalue weighted by Gasteiger charge is -2.26. The van der Waals surface area contributed by atoms with Crippen LogP contribution in [-0.2, 0) is 34.4 Å². The molecule has 3 heterocycles. The van der Waals surface area contributed by atoms with E-state index in [0.29, 0.717) is 19.5 Å². The molecular formula is C35H66ClN7O10S2. The van der Waals surface area contributed by atoms with Crippen molar-refractivity contribution in [1.29, 1.82) is 0 Å². The number of nitrogens with two attached hydrogens (primary N) is 1. The van der Waals surface area contributed by atoms with Crippen LogP contribution in [0, 0.1) is 0 Å². The van der Waals surface area contributed by atoms with Crippen LogP contribution in [0.4, 0.5) is 20.1 Å². The fourth-order valence-electron chi connectivity index (χ4n) is 4.98. The van der Waals surface area contributed by atoms with Gasteiger partial charge in [0.2, 0.25) is 10.0 Å². The number of carbonyl (C=O) groups excluding carboxylic acids is 3. The lowest BCUT2D eigenvalue weighted by molar-refractivity contribution is -0.512. The number of anilines is 1. The molecule has 20 heteroatoms. The Hall–Kier alpha value is -3.13. The van der Waals surface area contributed by atoms with Crippen LogP contribution >= 0.6 is 0 Å². The third-order valence-corrected chi connectivity index (χ3v) is 9.36. The lowest BCUT2D eigenvalue weighted by Crippen LogP contribution is -3.00. The number of ether oxygens (including phenoxy) is 3. The van der Waals surface area contributed by atoms with Gasteiger partial charge in [-0.2, -0.15) is 4.72 Å².